The van der Waals surface area contributed by atoms with Crippen molar-refractivity contribution >= 4 is 78.2 Å². The number of benzene rings is 2. The number of aromatic nitrogens is 2. The van der Waals surface area contributed by atoms with Crippen LogP contribution in [0.5, 0.6) is 11.5 Å². The number of phenolic OH excluding ortho intramolecular Hbond substituents is 1. The topological polar surface area (TPSA) is 133 Å². The average Bonchev–Trinajstić information content (AvgIpc) is 4.03. The van der Waals surface area contributed by atoms with Crippen LogP contribution in [-0.2, 0) is 32.2 Å². The minimum atomic E-state index is -0.345. The number of nitrogens with zero attached hydrogens (tertiary/aromatic N) is 4. The average molecular weight is 877 g/mol. The molecule has 0 radical (unpaired) electrons. The number of carbonyl (C=O) groups is 4. The van der Waals surface area contributed by atoms with Crippen LogP contribution in [0.2, 0.25) is 0 Å². The summed E-state index contributed by atoms with van der Waals surface area (Å²) in [6.07, 6.45) is 11.8. The van der Waals surface area contributed by atoms with Crippen LogP contribution in [0.3, 0.4) is 0 Å². The van der Waals surface area contributed by atoms with Crippen molar-refractivity contribution in [3.63, 3.8) is 0 Å². The van der Waals surface area contributed by atoms with Crippen molar-refractivity contribution < 1.29 is 38.5 Å². The highest BCUT2D eigenvalue weighted by Gasteiger charge is 2.36. The first-order chi connectivity index (χ1) is 30.0. The number of ether oxygens (including phenoxy) is 3. The zero-order valence-corrected chi connectivity index (χ0v) is 37.5. The molecule has 324 valence electrons. The number of likely N-dealkylation sites (N-methyl/N-ethyl adjacent to an activating group) is 2. The normalized spacial score (nSPS) is 16.8. The van der Waals surface area contributed by atoms with Gasteiger partial charge in [-0.2, -0.15) is 0 Å². The van der Waals surface area contributed by atoms with E-state index in [1.807, 2.05) is 44.3 Å². The van der Waals surface area contributed by atoms with Gasteiger partial charge in [0.1, 0.15) is 34.3 Å². The predicted octanol–water partition coefficient (Wildman–Crippen LogP) is 10.5. The first-order valence-corrected chi connectivity index (χ1v) is 23.3. The fraction of sp³-hybridized carbons (Fsp3) is 0.417. The van der Waals surface area contributed by atoms with E-state index in [9.17, 15) is 24.3 Å². The van der Waals surface area contributed by atoms with Gasteiger partial charge in [-0.25, -0.2) is 9.59 Å². The number of esters is 2. The van der Waals surface area contributed by atoms with Crippen LogP contribution in [0.4, 0.5) is 11.4 Å². The number of hydrogen-bond acceptors (Lipinski definition) is 10. The van der Waals surface area contributed by atoms with E-state index >= 15 is 0 Å². The second kappa shape index (κ2) is 16.9. The molecule has 2 aliphatic carbocycles. The highest BCUT2D eigenvalue weighted by molar-refractivity contribution is 7.21. The van der Waals surface area contributed by atoms with E-state index in [0.717, 1.165) is 80.1 Å². The van der Waals surface area contributed by atoms with Gasteiger partial charge in [0.2, 0.25) is 11.8 Å². The van der Waals surface area contributed by atoms with Crippen molar-refractivity contribution in [1.82, 2.24) is 9.13 Å². The molecule has 14 heteroatoms. The number of fused-ring (bicyclic) bond motifs is 10. The van der Waals surface area contributed by atoms with Gasteiger partial charge < -0.3 is 38.3 Å². The number of anilines is 2. The molecule has 6 aromatic rings. The molecule has 2 fully saturated rings. The summed E-state index contributed by atoms with van der Waals surface area (Å²) in [7, 11) is 6.38. The summed E-state index contributed by atoms with van der Waals surface area (Å²) in [6, 6.07) is 15.0. The molecule has 0 saturated heterocycles. The Bertz CT molecular complexity index is 2740. The summed E-state index contributed by atoms with van der Waals surface area (Å²) in [5.74, 6) is 1.00. The molecule has 12 nitrogen and oxygen atoms in total. The van der Waals surface area contributed by atoms with Crippen LogP contribution in [0, 0.1) is 0 Å². The Morgan fingerprint density at radius 2 is 1.11 bits per heavy atom. The molecular formula is C48H52N4O8S2. The van der Waals surface area contributed by atoms with Gasteiger partial charge >= 0.3 is 11.9 Å². The first kappa shape index (κ1) is 41.7. The molecule has 2 saturated carbocycles. The second-order valence-corrected chi connectivity index (χ2v) is 18.8. The van der Waals surface area contributed by atoms with Gasteiger partial charge in [-0.15, -0.1) is 22.7 Å². The third-order valence-electron chi connectivity index (χ3n) is 13.2. The molecule has 10 rings (SSSR count). The maximum absolute atomic E-state index is 13.2. The van der Waals surface area contributed by atoms with Crippen LogP contribution in [0.15, 0.2) is 48.5 Å². The first-order valence-electron chi connectivity index (χ1n) is 21.6. The lowest BCUT2D eigenvalue weighted by Crippen LogP contribution is -2.28. The molecule has 6 heterocycles. The largest absolute Gasteiger partial charge is 0.508 e. The maximum atomic E-state index is 13.2. The van der Waals surface area contributed by atoms with Crippen molar-refractivity contribution in [2.45, 2.75) is 96.1 Å². The zero-order valence-electron chi connectivity index (χ0n) is 35.9. The Labute approximate surface area is 368 Å². The number of amides is 2. The Hall–Kier alpha value is -5.60. The zero-order chi connectivity index (χ0) is 43.4. The van der Waals surface area contributed by atoms with E-state index in [1.54, 1.807) is 29.0 Å². The molecule has 2 amide bonds. The van der Waals surface area contributed by atoms with Gasteiger partial charge in [0.15, 0.2) is 0 Å². The van der Waals surface area contributed by atoms with E-state index in [2.05, 4.69) is 15.2 Å². The fourth-order valence-corrected chi connectivity index (χ4v) is 12.6. The molecule has 2 aliphatic heterocycles. The van der Waals surface area contributed by atoms with Crippen molar-refractivity contribution in [1.29, 1.82) is 0 Å². The van der Waals surface area contributed by atoms with Gasteiger partial charge in [0, 0.05) is 37.4 Å². The minimum absolute atomic E-state index is 0.0107. The van der Waals surface area contributed by atoms with Crippen molar-refractivity contribution in [3.8, 4) is 34.0 Å². The lowest BCUT2D eigenvalue weighted by Gasteiger charge is -2.24. The SMILES string of the molecule is CCOc1ccc2c(c1)N(C)C(=O)Cn1c-2c(C2CCCCC2)c2sc(C(=O)OC)cc21.COC(=O)c1cc2c(s1)c(C1CCCCC1)c1n2CC(=O)N(C)c2cc(O)ccc2-1. The highest BCUT2D eigenvalue weighted by atomic mass is 32.1. The molecule has 4 aromatic heterocycles. The van der Waals surface area contributed by atoms with Gasteiger partial charge in [0.25, 0.3) is 0 Å². The standard InChI is InChI=1S/C25H28N2O4S.C23H24N2O4S/c1-4-31-16-10-11-17-18(12-16)26(2)21(28)14-27-19-13-20(25(29)30-3)32-24(19)22(23(17)27)15-8-6-5-7-9-15;1-24-16-10-14(26)8-9-15(16)21-20(13-6-4-3-5-7-13)22-17(25(21)12-19(24)27)11-18(30-22)23(28)29-2/h10-13,15H,4-9,14H2,1-3H3;8-11,13,26H,3-7,12H2,1-2H3. The minimum Gasteiger partial charge on any atom is -0.508 e. The molecular weight excluding hydrogens is 825 g/mol. The summed E-state index contributed by atoms with van der Waals surface area (Å²) >= 11 is 2.95. The summed E-state index contributed by atoms with van der Waals surface area (Å²) < 4.78 is 22.1. The smallest absolute Gasteiger partial charge is 0.348 e. The maximum Gasteiger partial charge on any atom is 0.348 e. The Balaban J connectivity index is 0.000000158. The summed E-state index contributed by atoms with van der Waals surface area (Å²) in [5.41, 5.74) is 10.1. The van der Waals surface area contributed by atoms with Gasteiger partial charge in [-0.3, -0.25) is 9.59 Å². The van der Waals surface area contributed by atoms with Crippen LogP contribution in [0.25, 0.3) is 42.9 Å². The lowest BCUT2D eigenvalue weighted by atomic mass is 9.83. The van der Waals surface area contributed by atoms with Gasteiger partial charge in [0.05, 0.1) is 64.0 Å². The molecule has 0 unspecified atom stereocenters. The quantitative estimate of drug-likeness (QED) is 0.164. The van der Waals surface area contributed by atoms with Crippen molar-refractivity contribution in [2.75, 3.05) is 44.7 Å². The summed E-state index contributed by atoms with van der Waals surface area (Å²) in [6.45, 7) is 2.97. The van der Waals surface area contributed by atoms with E-state index in [1.165, 1.54) is 86.5 Å². The number of phenols is 1. The fourth-order valence-electron chi connectivity index (χ4n) is 10.1. The van der Waals surface area contributed by atoms with Gasteiger partial charge in [-0.1, -0.05) is 38.5 Å². The third-order valence-corrected chi connectivity index (χ3v) is 15.5. The number of carbonyl (C=O) groups excluding carboxylic acids is 4. The Kier molecular flexibility index (Phi) is 11.4. The number of thiophene rings is 2. The second-order valence-electron chi connectivity index (χ2n) is 16.7. The highest BCUT2D eigenvalue weighted by Crippen LogP contribution is 2.52. The predicted molar refractivity (Wildman–Crippen MR) is 244 cm³/mol. The van der Waals surface area contributed by atoms with E-state index in [-0.39, 0.29) is 42.6 Å². The number of methoxy groups -OCH3 is 2. The van der Waals surface area contributed by atoms with Crippen LogP contribution in [0.1, 0.15) is 113 Å². The number of rotatable bonds is 6. The number of aromatic hydroxyl groups is 1. The Morgan fingerprint density at radius 3 is 1.56 bits per heavy atom. The Morgan fingerprint density at radius 1 is 0.661 bits per heavy atom. The molecule has 2 aromatic carbocycles. The van der Waals surface area contributed by atoms with Crippen LogP contribution >= 0.6 is 22.7 Å². The molecule has 0 spiro atoms. The molecule has 0 atom stereocenters. The third kappa shape index (κ3) is 7.14. The monoisotopic (exact) mass is 876 g/mol. The van der Waals surface area contributed by atoms with E-state index < -0.39 is 0 Å². The summed E-state index contributed by atoms with van der Waals surface area (Å²) in [4.78, 5) is 55.3. The number of hydrogen-bond donors (Lipinski definition) is 1. The van der Waals surface area contributed by atoms with E-state index in [0.29, 0.717) is 33.9 Å². The molecule has 4 aliphatic rings. The summed E-state index contributed by atoms with van der Waals surface area (Å²) in [5, 5.41) is 10.1. The lowest BCUT2D eigenvalue weighted by molar-refractivity contribution is -0.119. The van der Waals surface area contributed by atoms with Crippen molar-refractivity contribution in [2.24, 2.45) is 0 Å². The molecule has 62 heavy (non-hydrogen) atoms. The molecule has 1 N–H and O–H groups in total. The van der Waals surface area contributed by atoms with Crippen molar-refractivity contribution in [3.05, 3.63) is 69.4 Å². The van der Waals surface area contributed by atoms with Crippen LogP contribution in [-0.4, -0.2) is 72.9 Å². The van der Waals surface area contributed by atoms with Crippen LogP contribution < -0.4 is 14.5 Å². The van der Waals surface area contributed by atoms with Gasteiger partial charge in [-0.05, 0) is 92.0 Å². The van der Waals surface area contributed by atoms with E-state index in [4.69, 9.17) is 14.2 Å². The molecule has 0 bridgehead atoms.